The van der Waals surface area contributed by atoms with Gasteiger partial charge in [-0.05, 0) is 6.07 Å². The van der Waals surface area contributed by atoms with E-state index in [0.29, 0.717) is 0 Å². The first kappa shape index (κ1) is 12.1. The highest BCUT2D eigenvalue weighted by Crippen LogP contribution is 2.36. The number of pyridine rings is 1. The highest BCUT2D eigenvalue weighted by molar-refractivity contribution is 6.29. The van der Waals surface area contributed by atoms with E-state index in [1.54, 1.807) is 0 Å². The van der Waals surface area contributed by atoms with Crippen molar-refractivity contribution >= 4 is 17.3 Å². The lowest BCUT2D eigenvalue weighted by molar-refractivity contribution is -0.137. The molecule has 0 unspecified atom stereocenters. The number of hydroxylamine groups is 1. The van der Waals surface area contributed by atoms with Crippen molar-refractivity contribution in [3.05, 3.63) is 23.0 Å². The first-order valence-electron chi connectivity index (χ1n) is 3.87. The molecule has 0 bridgehead atoms. The van der Waals surface area contributed by atoms with Crippen LogP contribution in [-0.2, 0) is 11.0 Å². The lowest BCUT2D eigenvalue weighted by atomic mass is 10.2. The molecule has 15 heavy (non-hydrogen) atoms. The molecule has 0 spiro atoms. The van der Waals surface area contributed by atoms with Gasteiger partial charge < -0.3 is 0 Å². The summed E-state index contributed by atoms with van der Waals surface area (Å²) in [6.45, 7) is 0. The monoisotopic (exact) mass is 240 g/mol. The van der Waals surface area contributed by atoms with Crippen LogP contribution in [0.3, 0.4) is 0 Å². The molecule has 0 aliphatic rings. The molecule has 0 aliphatic heterocycles. The van der Waals surface area contributed by atoms with Gasteiger partial charge in [0, 0.05) is 7.05 Å². The van der Waals surface area contributed by atoms with Crippen molar-refractivity contribution in [1.29, 1.82) is 0 Å². The molecule has 0 radical (unpaired) electrons. The molecule has 0 saturated carbocycles. The van der Waals surface area contributed by atoms with E-state index in [4.69, 9.17) is 11.6 Å². The fourth-order valence-electron chi connectivity index (χ4n) is 0.999. The predicted octanol–water partition coefficient (Wildman–Crippen LogP) is 2.75. The van der Waals surface area contributed by atoms with Gasteiger partial charge in [-0.25, -0.2) is 4.98 Å². The molecule has 7 heteroatoms. The number of rotatable bonds is 2. The molecule has 0 saturated heterocycles. The molecule has 3 nitrogen and oxygen atoms in total. The molecule has 0 N–H and O–H groups in total. The summed E-state index contributed by atoms with van der Waals surface area (Å²) in [6.07, 6.45) is -3.48. The van der Waals surface area contributed by atoms with Crippen LogP contribution in [0.4, 0.5) is 18.9 Å². The maximum absolute atomic E-state index is 12.6. The van der Waals surface area contributed by atoms with Gasteiger partial charge in [0.05, 0.1) is 24.6 Å². The number of anilines is 1. The van der Waals surface area contributed by atoms with Crippen molar-refractivity contribution in [2.45, 2.75) is 6.18 Å². The molecule has 1 aromatic rings. The largest absolute Gasteiger partial charge is 0.418 e. The Kier molecular flexibility index (Phi) is 3.41. The summed E-state index contributed by atoms with van der Waals surface area (Å²) in [5.74, 6) is 0. The van der Waals surface area contributed by atoms with Gasteiger partial charge in [-0.3, -0.25) is 9.90 Å². The van der Waals surface area contributed by atoms with Gasteiger partial charge in [0.25, 0.3) is 0 Å². The third-order valence-corrected chi connectivity index (χ3v) is 1.97. The van der Waals surface area contributed by atoms with E-state index in [2.05, 4.69) is 9.82 Å². The Hall–Kier alpha value is -1.01. The van der Waals surface area contributed by atoms with Crippen molar-refractivity contribution in [3.63, 3.8) is 0 Å². The van der Waals surface area contributed by atoms with Crippen LogP contribution in [0.15, 0.2) is 12.3 Å². The van der Waals surface area contributed by atoms with Crippen LogP contribution in [-0.4, -0.2) is 19.1 Å². The number of hydrogen-bond donors (Lipinski definition) is 0. The van der Waals surface area contributed by atoms with E-state index in [1.165, 1.54) is 14.2 Å². The van der Waals surface area contributed by atoms with E-state index in [9.17, 15) is 13.2 Å². The molecule has 84 valence electrons. The van der Waals surface area contributed by atoms with Crippen LogP contribution < -0.4 is 5.06 Å². The average Bonchev–Trinajstić information content (AvgIpc) is 2.15. The number of aromatic nitrogens is 1. The molecule has 1 heterocycles. The minimum atomic E-state index is -4.49. The number of alkyl halides is 3. The fourth-order valence-corrected chi connectivity index (χ4v) is 1.16. The minimum Gasteiger partial charge on any atom is -0.277 e. The van der Waals surface area contributed by atoms with Crippen LogP contribution in [0.25, 0.3) is 0 Å². The summed E-state index contributed by atoms with van der Waals surface area (Å²) in [5, 5.41) is 0.752. The van der Waals surface area contributed by atoms with Crippen LogP contribution >= 0.6 is 11.6 Å². The van der Waals surface area contributed by atoms with Crippen LogP contribution in [0.5, 0.6) is 0 Å². The SMILES string of the molecule is CON(C)c1cnc(Cl)cc1C(F)(F)F. The van der Waals surface area contributed by atoms with E-state index >= 15 is 0 Å². The summed E-state index contributed by atoms with van der Waals surface area (Å²) in [5.41, 5.74) is -1.07. The smallest absolute Gasteiger partial charge is 0.277 e. The van der Waals surface area contributed by atoms with Crippen LogP contribution in [0, 0.1) is 0 Å². The molecular weight excluding hydrogens is 233 g/mol. The zero-order valence-corrected chi connectivity index (χ0v) is 8.73. The molecular formula is C8H8ClF3N2O. The first-order chi connectivity index (χ1) is 6.86. The predicted molar refractivity (Wildman–Crippen MR) is 49.7 cm³/mol. The molecule has 0 amide bonds. The number of nitrogens with zero attached hydrogens (tertiary/aromatic N) is 2. The lowest BCUT2D eigenvalue weighted by Gasteiger charge is -2.20. The maximum Gasteiger partial charge on any atom is 0.418 e. The van der Waals surface area contributed by atoms with E-state index in [-0.39, 0.29) is 10.8 Å². The highest BCUT2D eigenvalue weighted by Gasteiger charge is 2.35. The fraction of sp³-hybridized carbons (Fsp3) is 0.375. The van der Waals surface area contributed by atoms with Crippen molar-refractivity contribution in [3.8, 4) is 0 Å². The zero-order valence-electron chi connectivity index (χ0n) is 7.97. The zero-order chi connectivity index (χ0) is 11.6. The van der Waals surface area contributed by atoms with Gasteiger partial charge in [-0.2, -0.15) is 13.2 Å². The van der Waals surface area contributed by atoms with Crippen molar-refractivity contribution in [2.75, 3.05) is 19.2 Å². The highest BCUT2D eigenvalue weighted by atomic mass is 35.5. The summed E-state index contributed by atoms with van der Waals surface area (Å²) in [7, 11) is 2.61. The van der Waals surface area contributed by atoms with Gasteiger partial charge in [0.1, 0.15) is 5.15 Å². The summed E-state index contributed by atoms with van der Waals surface area (Å²) in [6, 6.07) is 0.756. The summed E-state index contributed by atoms with van der Waals surface area (Å²) < 4.78 is 37.7. The van der Waals surface area contributed by atoms with Crippen molar-refractivity contribution in [2.24, 2.45) is 0 Å². The second-order valence-electron chi connectivity index (χ2n) is 2.70. The summed E-state index contributed by atoms with van der Waals surface area (Å²) >= 11 is 5.40. The Morgan fingerprint density at radius 3 is 2.53 bits per heavy atom. The third-order valence-electron chi connectivity index (χ3n) is 1.77. The molecule has 0 fully saturated rings. The normalized spacial score (nSPS) is 11.6. The van der Waals surface area contributed by atoms with Gasteiger partial charge >= 0.3 is 6.18 Å². The molecule has 1 rings (SSSR count). The second-order valence-corrected chi connectivity index (χ2v) is 3.09. The number of halogens is 4. The standard InChI is InChI=1S/C8H8ClF3N2O/c1-14(15-2)6-4-13-7(9)3-5(6)8(10,11)12/h3-4H,1-2H3. The Labute approximate surface area is 89.4 Å². The minimum absolute atomic E-state index is 0.186. The van der Waals surface area contributed by atoms with E-state index in [0.717, 1.165) is 17.3 Å². The molecule has 0 aromatic carbocycles. The Morgan fingerprint density at radius 2 is 2.07 bits per heavy atom. The second kappa shape index (κ2) is 4.24. The summed E-state index contributed by atoms with van der Waals surface area (Å²) in [4.78, 5) is 8.23. The van der Waals surface area contributed by atoms with E-state index in [1.807, 2.05) is 0 Å². The Morgan fingerprint density at radius 1 is 1.47 bits per heavy atom. The Balaban J connectivity index is 3.27. The van der Waals surface area contributed by atoms with Gasteiger partial charge in [-0.1, -0.05) is 11.6 Å². The maximum atomic E-state index is 12.6. The van der Waals surface area contributed by atoms with Crippen LogP contribution in [0.1, 0.15) is 5.56 Å². The topological polar surface area (TPSA) is 25.4 Å². The third kappa shape index (κ3) is 2.73. The Bertz CT molecular complexity index is 356. The molecule has 0 atom stereocenters. The van der Waals surface area contributed by atoms with Gasteiger partial charge in [-0.15, -0.1) is 0 Å². The van der Waals surface area contributed by atoms with Gasteiger partial charge in [0.15, 0.2) is 0 Å². The quantitative estimate of drug-likeness (QED) is 0.587. The molecule has 1 aromatic heterocycles. The number of hydrogen-bond acceptors (Lipinski definition) is 3. The first-order valence-corrected chi connectivity index (χ1v) is 4.24. The van der Waals surface area contributed by atoms with Crippen molar-refractivity contribution < 1.29 is 18.0 Å². The lowest BCUT2D eigenvalue weighted by Crippen LogP contribution is -2.20. The van der Waals surface area contributed by atoms with Gasteiger partial charge in [0.2, 0.25) is 0 Å². The molecule has 0 aliphatic carbocycles. The van der Waals surface area contributed by atoms with Crippen molar-refractivity contribution in [1.82, 2.24) is 4.98 Å². The average molecular weight is 241 g/mol. The van der Waals surface area contributed by atoms with E-state index < -0.39 is 11.7 Å². The van der Waals surface area contributed by atoms with Crippen LogP contribution in [0.2, 0.25) is 5.15 Å².